The maximum atomic E-state index is 13.4. The molecule has 250 valence electrons. The number of fused-ring (bicyclic) bond motifs is 5. The van der Waals surface area contributed by atoms with E-state index in [2.05, 4.69) is 6.92 Å². The largest absolute Gasteiger partial charge is 0.459 e. The van der Waals surface area contributed by atoms with Crippen LogP contribution in [0.3, 0.4) is 0 Å². The first-order valence-electron chi connectivity index (χ1n) is 17.3. The highest BCUT2D eigenvalue weighted by Gasteiger charge is 2.85. The molecular formula is C36H58O7S. The zero-order valence-corrected chi connectivity index (χ0v) is 28.6. The summed E-state index contributed by atoms with van der Waals surface area (Å²) >= 11 is 1.51. The molecule has 44 heavy (non-hydrogen) atoms. The van der Waals surface area contributed by atoms with Crippen LogP contribution in [-0.4, -0.2) is 73.2 Å². The molecule has 0 amide bonds. The number of hydrogen-bond acceptors (Lipinski definition) is 8. The number of ketones is 1. The lowest BCUT2D eigenvalue weighted by Gasteiger charge is -2.52. The van der Waals surface area contributed by atoms with Crippen LogP contribution in [-0.2, 0) is 14.3 Å². The molecule has 0 aliphatic heterocycles. The van der Waals surface area contributed by atoms with Gasteiger partial charge in [-0.15, -0.1) is 0 Å². The fourth-order valence-corrected chi connectivity index (χ4v) is 9.73. The molecule has 7 nitrogen and oxygen atoms in total. The summed E-state index contributed by atoms with van der Waals surface area (Å²) in [5.74, 6) is -2.32. The van der Waals surface area contributed by atoms with Gasteiger partial charge in [0.2, 0.25) is 0 Å². The van der Waals surface area contributed by atoms with Gasteiger partial charge in [0.15, 0.2) is 5.78 Å². The predicted molar refractivity (Wildman–Crippen MR) is 175 cm³/mol. The Kier molecular flexibility index (Phi) is 11.6. The number of esters is 1. The number of unbranched alkanes of at least 4 members (excludes halogenated alkanes) is 10. The Morgan fingerprint density at radius 3 is 2.16 bits per heavy atom. The van der Waals surface area contributed by atoms with Crippen LogP contribution < -0.4 is 0 Å². The van der Waals surface area contributed by atoms with E-state index in [4.69, 9.17) is 4.74 Å². The average Bonchev–Trinajstić information content (AvgIpc) is 3.37. The number of carbonyl (C=O) groups is 2. The molecule has 4 N–H and O–H groups in total. The standard InChI is InChI=1S/C36H58O7S/c1-6-7-8-9-10-11-12-13-14-15-16-17-29(38)43-32-25(3)35(41)27(30-33(4,5)36(30,32)42)21-26(23-44-19-18-37)22-34(40)28(35)20-24(2)31(34)39/h20-21,25,27-28,30,32,37,40-42H,6-19,22-23H2,1-5H3/t25-,27+,28-,30-,32-,34-,35-,36-/m1/s1. The van der Waals surface area contributed by atoms with Crippen molar-refractivity contribution in [2.24, 2.45) is 29.1 Å². The number of Topliss-reactive ketones (excluding diaryl/α,β-unsaturated/α-hetero) is 1. The molecule has 2 saturated carbocycles. The normalized spacial score (nSPS) is 36.9. The van der Waals surface area contributed by atoms with E-state index in [1.807, 2.05) is 19.9 Å². The van der Waals surface area contributed by atoms with Gasteiger partial charge in [-0.2, -0.15) is 11.8 Å². The van der Waals surface area contributed by atoms with Crippen molar-refractivity contribution in [3.63, 3.8) is 0 Å². The van der Waals surface area contributed by atoms with Crippen molar-refractivity contribution in [2.75, 3.05) is 18.1 Å². The summed E-state index contributed by atoms with van der Waals surface area (Å²) in [7, 11) is 0. The predicted octanol–water partition coefficient (Wildman–Crippen LogP) is 5.92. The first-order chi connectivity index (χ1) is 20.8. The lowest BCUT2D eigenvalue weighted by Crippen LogP contribution is -2.65. The molecule has 8 heteroatoms. The van der Waals surface area contributed by atoms with Gasteiger partial charge in [0.25, 0.3) is 0 Å². The van der Waals surface area contributed by atoms with Crippen LogP contribution in [0.25, 0.3) is 0 Å². The molecule has 0 spiro atoms. The van der Waals surface area contributed by atoms with Crippen molar-refractivity contribution in [3.8, 4) is 0 Å². The number of aliphatic hydroxyl groups is 4. The molecule has 0 aromatic rings. The van der Waals surface area contributed by atoms with Gasteiger partial charge >= 0.3 is 5.97 Å². The minimum atomic E-state index is -1.81. The maximum absolute atomic E-state index is 13.4. The molecule has 0 aromatic carbocycles. The summed E-state index contributed by atoms with van der Waals surface area (Å²) in [5.41, 5.74) is -4.16. The van der Waals surface area contributed by atoms with E-state index in [1.165, 1.54) is 63.1 Å². The van der Waals surface area contributed by atoms with Gasteiger partial charge < -0.3 is 25.2 Å². The molecule has 0 saturated heterocycles. The molecule has 2 fully saturated rings. The van der Waals surface area contributed by atoms with Crippen LogP contribution >= 0.6 is 11.8 Å². The second-order valence-corrected chi connectivity index (χ2v) is 15.9. The topological polar surface area (TPSA) is 124 Å². The third-order valence-corrected chi connectivity index (χ3v) is 12.6. The molecular weight excluding hydrogens is 576 g/mol. The number of carbonyl (C=O) groups excluding carboxylic acids is 2. The Labute approximate surface area is 269 Å². The van der Waals surface area contributed by atoms with Gasteiger partial charge in [-0.1, -0.05) is 110 Å². The first kappa shape index (κ1) is 35.7. The lowest BCUT2D eigenvalue weighted by atomic mass is 9.59. The third kappa shape index (κ3) is 6.36. The Bertz CT molecular complexity index is 1100. The van der Waals surface area contributed by atoms with Crippen LogP contribution in [0.1, 0.15) is 118 Å². The number of hydrogen-bond donors (Lipinski definition) is 4. The smallest absolute Gasteiger partial charge is 0.306 e. The summed E-state index contributed by atoms with van der Waals surface area (Å²) in [6.45, 7) is 9.63. The summed E-state index contributed by atoms with van der Waals surface area (Å²) < 4.78 is 6.10. The van der Waals surface area contributed by atoms with E-state index in [0.29, 0.717) is 17.1 Å². The van der Waals surface area contributed by atoms with Crippen molar-refractivity contribution in [1.82, 2.24) is 0 Å². The molecule has 4 rings (SSSR count). The highest BCUT2D eigenvalue weighted by Crippen LogP contribution is 2.75. The molecule has 0 heterocycles. The highest BCUT2D eigenvalue weighted by molar-refractivity contribution is 7.99. The van der Waals surface area contributed by atoms with Crippen LogP contribution in [0.2, 0.25) is 0 Å². The molecule has 0 aromatic heterocycles. The number of thioether (sulfide) groups is 1. The van der Waals surface area contributed by atoms with Crippen LogP contribution in [0, 0.1) is 29.1 Å². The van der Waals surface area contributed by atoms with E-state index in [1.54, 1.807) is 19.9 Å². The first-order valence-corrected chi connectivity index (χ1v) is 18.4. The minimum absolute atomic E-state index is 0.0243. The second-order valence-electron chi connectivity index (χ2n) is 14.8. The van der Waals surface area contributed by atoms with Gasteiger partial charge in [0, 0.05) is 53.4 Å². The summed E-state index contributed by atoms with van der Waals surface area (Å²) in [5, 5.41) is 46.2. The Morgan fingerprint density at radius 1 is 0.977 bits per heavy atom. The summed E-state index contributed by atoms with van der Waals surface area (Å²) in [6.07, 6.45) is 16.1. The van der Waals surface area contributed by atoms with Crippen molar-refractivity contribution in [1.29, 1.82) is 0 Å². The van der Waals surface area contributed by atoms with Crippen molar-refractivity contribution >= 4 is 23.5 Å². The van der Waals surface area contributed by atoms with Gasteiger partial charge in [-0.3, -0.25) is 9.59 Å². The van der Waals surface area contributed by atoms with Gasteiger partial charge in [0.05, 0.1) is 12.2 Å². The minimum Gasteiger partial charge on any atom is -0.459 e. The Hall–Kier alpha value is -1.19. The summed E-state index contributed by atoms with van der Waals surface area (Å²) in [6, 6.07) is 0. The number of aliphatic hydroxyl groups excluding tert-OH is 1. The fourth-order valence-electron chi connectivity index (χ4n) is 9.00. The number of rotatable bonds is 17. The quantitative estimate of drug-likeness (QED) is 0.0884. The molecule has 4 aliphatic carbocycles. The highest BCUT2D eigenvalue weighted by atomic mass is 32.2. The van der Waals surface area contributed by atoms with E-state index < -0.39 is 52.0 Å². The van der Waals surface area contributed by atoms with Crippen molar-refractivity contribution in [3.05, 3.63) is 23.3 Å². The van der Waals surface area contributed by atoms with Crippen LogP contribution in [0.5, 0.6) is 0 Å². The summed E-state index contributed by atoms with van der Waals surface area (Å²) in [4.78, 5) is 26.6. The van der Waals surface area contributed by atoms with E-state index in [-0.39, 0.29) is 31.2 Å². The number of ether oxygens (including phenoxy) is 1. The van der Waals surface area contributed by atoms with Crippen LogP contribution in [0.4, 0.5) is 0 Å². The molecule has 8 atom stereocenters. The van der Waals surface area contributed by atoms with Crippen molar-refractivity contribution < 1.29 is 34.8 Å². The van der Waals surface area contributed by atoms with Gasteiger partial charge in [-0.05, 0) is 18.9 Å². The van der Waals surface area contributed by atoms with Gasteiger partial charge in [0.1, 0.15) is 17.3 Å². The lowest BCUT2D eigenvalue weighted by molar-refractivity contribution is -0.221. The van der Waals surface area contributed by atoms with Crippen molar-refractivity contribution in [2.45, 2.75) is 141 Å². The fraction of sp³-hybridized carbons (Fsp3) is 0.833. The van der Waals surface area contributed by atoms with E-state index >= 15 is 0 Å². The monoisotopic (exact) mass is 634 g/mol. The molecule has 0 radical (unpaired) electrons. The Balaban J connectivity index is 1.45. The zero-order chi connectivity index (χ0) is 32.3. The van der Waals surface area contributed by atoms with E-state index in [0.717, 1.165) is 24.8 Å². The van der Waals surface area contributed by atoms with Crippen LogP contribution in [0.15, 0.2) is 23.3 Å². The maximum Gasteiger partial charge on any atom is 0.306 e. The zero-order valence-electron chi connectivity index (χ0n) is 27.8. The SMILES string of the molecule is CCCCCCCCCCCCCC(=O)O[C@@H]1[C@@H](C)[C@@]2(O)[C@@H](C=C(CSCCO)C[C@]3(O)C(=O)C(C)=C[C@@H]23)[C@@H]2C(C)(C)[C@]12O. The molecule has 0 unspecified atom stereocenters. The van der Waals surface area contributed by atoms with E-state index in [9.17, 15) is 30.0 Å². The third-order valence-electron chi connectivity index (χ3n) is 11.6. The molecule has 0 bridgehead atoms. The average molecular weight is 635 g/mol. The van der Waals surface area contributed by atoms with Gasteiger partial charge in [-0.25, -0.2) is 0 Å². The molecule has 4 aliphatic rings. The Morgan fingerprint density at radius 2 is 1.57 bits per heavy atom. The second kappa shape index (κ2) is 14.3.